The molecule has 0 aliphatic carbocycles. The Labute approximate surface area is 363 Å². The molecule has 4 aromatic heterocycles. The van der Waals surface area contributed by atoms with Crippen LogP contribution in [-0.4, -0.2) is 19.5 Å². The van der Waals surface area contributed by atoms with Gasteiger partial charge in [-0.05, 0) is 72.7 Å². The summed E-state index contributed by atoms with van der Waals surface area (Å²) in [5.41, 5.74) is 10.8. The Bertz CT molecular complexity index is 3670. The van der Waals surface area contributed by atoms with Crippen molar-refractivity contribution >= 4 is 88.6 Å². The molecule has 6 heteroatoms. The highest BCUT2D eigenvalue weighted by Crippen LogP contribution is 2.44. The molecule has 0 atom stereocenters. The molecule has 4 heterocycles. The molecule has 0 aliphatic rings. The summed E-state index contributed by atoms with van der Waals surface area (Å²) in [7, 11) is 0. The van der Waals surface area contributed by atoms with Gasteiger partial charge in [-0.1, -0.05) is 152 Å². The van der Waals surface area contributed by atoms with Crippen LogP contribution < -0.4 is 0 Å². The van der Waals surface area contributed by atoms with E-state index in [1.807, 2.05) is 73.7 Å². The summed E-state index contributed by atoms with van der Waals surface area (Å²) in [6.45, 7) is 6.70. The monoisotopic (exact) mass is 812 g/mol. The molecule has 63 heavy (non-hydrogen) atoms. The van der Waals surface area contributed by atoms with E-state index in [4.69, 9.17) is 30.4 Å². The molecule has 11 rings (SSSR count). The Hall–Kier alpha value is -8.35. The van der Waals surface area contributed by atoms with Crippen molar-refractivity contribution in [3.63, 3.8) is 0 Å². The van der Waals surface area contributed by atoms with Gasteiger partial charge in [-0.15, -0.1) is 0 Å². The first kappa shape index (κ1) is 37.6. The van der Waals surface area contributed by atoms with Gasteiger partial charge >= 0.3 is 0 Å². The second kappa shape index (κ2) is 15.9. The fourth-order valence-corrected chi connectivity index (χ4v) is 8.66. The fourth-order valence-electron chi connectivity index (χ4n) is 8.66. The summed E-state index contributed by atoms with van der Waals surface area (Å²) in [6.07, 6.45) is 13.0. The molecule has 6 nitrogen and oxygen atoms in total. The molecule has 0 amide bonds. The van der Waals surface area contributed by atoms with E-state index in [9.17, 15) is 0 Å². The van der Waals surface area contributed by atoms with Crippen LogP contribution in [0.15, 0.2) is 210 Å². The summed E-state index contributed by atoms with van der Waals surface area (Å²) >= 11 is 0. The predicted molar refractivity (Wildman–Crippen MR) is 261 cm³/mol. The van der Waals surface area contributed by atoms with E-state index >= 15 is 0 Å². The first-order valence-corrected chi connectivity index (χ1v) is 21.1. The number of rotatable bonds is 10. The van der Waals surface area contributed by atoms with Crippen LogP contribution in [0.3, 0.4) is 0 Å². The molecule has 0 saturated heterocycles. The summed E-state index contributed by atoms with van der Waals surface area (Å²) in [4.78, 5) is 15.2. The molecule has 0 N–H and O–H groups in total. The van der Waals surface area contributed by atoms with Gasteiger partial charge in [-0.2, -0.15) is 0 Å². The lowest BCUT2D eigenvalue weighted by Crippen LogP contribution is -2.05. The highest BCUT2D eigenvalue weighted by molar-refractivity contribution is 6.27. The summed E-state index contributed by atoms with van der Waals surface area (Å²) in [5.74, 6) is 1.66. The van der Waals surface area contributed by atoms with Gasteiger partial charge < -0.3 is 13.4 Å². The van der Waals surface area contributed by atoms with Crippen molar-refractivity contribution in [2.24, 2.45) is 0 Å². The molecule has 300 valence electrons. The van der Waals surface area contributed by atoms with Crippen LogP contribution >= 0.6 is 0 Å². The fraction of sp³-hybridized carbons (Fsp3) is 0.0351. The van der Waals surface area contributed by atoms with Gasteiger partial charge in [0.05, 0.1) is 22.1 Å². The number of aromatic nitrogens is 4. The highest BCUT2D eigenvalue weighted by atomic mass is 16.3. The number of nitrogens with zero attached hydrogens (tertiary/aromatic N) is 4. The van der Waals surface area contributed by atoms with Crippen LogP contribution in [0.5, 0.6) is 0 Å². The van der Waals surface area contributed by atoms with Crippen molar-refractivity contribution in [2.45, 2.75) is 13.3 Å². The molecular formula is C57H40N4O2. The number of allylic oxidation sites excluding steroid dienone is 8. The molecule has 0 unspecified atom stereocenters. The molecular weight excluding hydrogens is 773 g/mol. The molecule has 11 aromatic rings. The van der Waals surface area contributed by atoms with E-state index < -0.39 is 0 Å². The normalized spacial score (nSPS) is 12.7. The molecule has 0 spiro atoms. The van der Waals surface area contributed by atoms with E-state index in [-0.39, 0.29) is 0 Å². The van der Waals surface area contributed by atoms with Crippen LogP contribution in [0.1, 0.15) is 29.7 Å². The van der Waals surface area contributed by atoms with Crippen molar-refractivity contribution in [3.8, 4) is 11.4 Å². The zero-order valence-corrected chi connectivity index (χ0v) is 34.6. The topological polar surface area (TPSA) is 69.9 Å². The standard InChI is InChI=1S/C57H40N4O2/c1-3-4-5-12-29-53-58-56(60-57(59-53)40-30-31-43-42-24-14-17-27-49(42)63-52(43)36-40)37(2)34-46(39-21-10-7-11-22-39)48(35-38-19-8-6-9-20-38)61-47-26-16-13-23-41(47)44-32-33-51-54(55(44)61)45-25-15-18-28-50(45)62-51/h3-28,30-36H,2,29H2,1H3/b4-3-,12-5-,46-34-,48-35-. The Kier molecular flexibility index (Phi) is 9.51. The zero-order valence-electron chi connectivity index (χ0n) is 34.6. The van der Waals surface area contributed by atoms with E-state index in [1.165, 1.54) is 0 Å². The average Bonchev–Trinajstić information content (AvgIpc) is 4.01. The predicted octanol–water partition coefficient (Wildman–Crippen LogP) is 14.9. The maximum absolute atomic E-state index is 6.52. The van der Waals surface area contributed by atoms with Crippen molar-refractivity contribution in [3.05, 3.63) is 224 Å². The number of para-hydroxylation sites is 3. The van der Waals surface area contributed by atoms with Gasteiger partial charge in [0.25, 0.3) is 0 Å². The minimum absolute atomic E-state index is 0.483. The maximum atomic E-state index is 6.52. The molecule has 0 radical (unpaired) electrons. The maximum Gasteiger partial charge on any atom is 0.163 e. The lowest BCUT2D eigenvalue weighted by molar-refractivity contribution is 0.668. The van der Waals surface area contributed by atoms with Crippen molar-refractivity contribution in [1.29, 1.82) is 0 Å². The van der Waals surface area contributed by atoms with E-state index in [1.54, 1.807) is 0 Å². The zero-order chi connectivity index (χ0) is 42.3. The van der Waals surface area contributed by atoms with E-state index in [0.29, 0.717) is 29.5 Å². The van der Waals surface area contributed by atoms with Gasteiger partial charge in [0.15, 0.2) is 11.6 Å². The highest BCUT2D eigenvalue weighted by Gasteiger charge is 2.23. The average molecular weight is 813 g/mol. The van der Waals surface area contributed by atoms with Gasteiger partial charge in [0, 0.05) is 50.1 Å². The number of hydrogen-bond donors (Lipinski definition) is 0. The quantitative estimate of drug-likeness (QED) is 0.129. The number of furan rings is 2. The van der Waals surface area contributed by atoms with Crippen LogP contribution in [0.25, 0.3) is 100.0 Å². The van der Waals surface area contributed by atoms with Crippen molar-refractivity contribution in [1.82, 2.24) is 19.5 Å². The van der Waals surface area contributed by atoms with Gasteiger partial charge in [-0.3, -0.25) is 0 Å². The Morgan fingerprint density at radius 3 is 2.08 bits per heavy atom. The summed E-state index contributed by atoms with van der Waals surface area (Å²) in [6, 6.07) is 56.4. The minimum atomic E-state index is 0.483. The Morgan fingerprint density at radius 2 is 1.27 bits per heavy atom. The second-order valence-corrected chi connectivity index (χ2v) is 15.5. The molecule has 7 aromatic carbocycles. The molecule has 0 fully saturated rings. The van der Waals surface area contributed by atoms with E-state index in [2.05, 4.69) is 138 Å². The van der Waals surface area contributed by atoms with Crippen LogP contribution in [0, 0.1) is 0 Å². The first-order chi connectivity index (χ1) is 31.1. The lowest BCUT2D eigenvalue weighted by atomic mass is 9.97. The number of hydrogen-bond acceptors (Lipinski definition) is 5. The van der Waals surface area contributed by atoms with Crippen molar-refractivity contribution < 1.29 is 8.83 Å². The van der Waals surface area contributed by atoms with Crippen molar-refractivity contribution in [2.75, 3.05) is 0 Å². The van der Waals surface area contributed by atoms with Gasteiger partial charge in [0.1, 0.15) is 28.2 Å². The smallest absolute Gasteiger partial charge is 0.163 e. The Balaban J connectivity index is 1.15. The van der Waals surface area contributed by atoms with Crippen LogP contribution in [0.2, 0.25) is 0 Å². The van der Waals surface area contributed by atoms with Gasteiger partial charge in [-0.25, -0.2) is 15.0 Å². The number of fused-ring (bicyclic) bond motifs is 10. The third-order valence-corrected chi connectivity index (χ3v) is 11.5. The van der Waals surface area contributed by atoms with E-state index in [0.717, 1.165) is 93.6 Å². The van der Waals surface area contributed by atoms with Crippen LogP contribution in [-0.2, 0) is 6.42 Å². The second-order valence-electron chi connectivity index (χ2n) is 15.5. The Morgan fingerprint density at radius 1 is 0.603 bits per heavy atom. The minimum Gasteiger partial charge on any atom is -0.456 e. The molecule has 0 bridgehead atoms. The SMILES string of the molecule is C=C(/C=C(\C(=C\c1ccccc1)n1c2ccccc2c2ccc3oc4ccccc4c3c21)c1ccccc1)c1nc(C/C=C\C=C/C)nc(-c2ccc3c(c2)oc2ccccc23)n1. The number of benzene rings is 7. The third-order valence-electron chi connectivity index (χ3n) is 11.5. The summed E-state index contributed by atoms with van der Waals surface area (Å²) < 4.78 is 15.2. The lowest BCUT2D eigenvalue weighted by Gasteiger charge is -2.19. The van der Waals surface area contributed by atoms with Gasteiger partial charge in [0.2, 0.25) is 0 Å². The first-order valence-electron chi connectivity index (χ1n) is 21.1. The third kappa shape index (κ3) is 6.84. The molecule has 0 saturated carbocycles. The largest absolute Gasteiger partial charge is 0.456 e. The summed E-state index contributed by atoms with van der Waals surface area (Å²) in [5, 5.41) is 6.51. The van der Waals surface area contributed by atoms with Crippen LogP contribution in [0.4, 0.5) is 0 Å². The molecule has 0 aliphatic heterocycles.